The molecule has 86 heavy (non-hydrogen) atoms. The number of fused-ring (bicyclic) bond motifs is 3. The molecule has 7 aromatic heterocycles. The Morgan fingerprint density at radius 3 is 1.38 bits per heavy atom. The zero-order valence-corrected chi connectivity index (χ0v) is 63.0. The average molecular weight is 1520 g/mol. The molecule has 0 N–H and O–H groups in total. The van der Waals surface area contributed by atoms with Crippen LogP contribution < -0.4 is 0 Å². The Morgan fingerprint density at radius 2 is 0.953 bits per heavy atom. The van der Waals surface area contributed by atoms with Crippen LogP contribution in [0.4, 0.5) is 11.4 Å². The maximum Gasteiger partial charge on any atom is 4.00 e. The zero-order valence-electron chi connectivity index (χ0n) is 49.5. The fourth-order valence-electron chi connectivity index (χ4n) is 8.17. The molecule has 4 nitrogen and oxygen atoms in total. The number of halogens is 3. The summed E-state index contributed by atoms with van der Waals surface area (Å²) >= 11 is 17.2. The summed E-state index contributed by atoms with van der Waals surface area (Å²) in [6.07, 6.45) is 0. The molecule has 13 rings (SSSR count). The summed E-state index contributed by atoms with van der Waals surface area (Å²) in [7, 11) is 0. The summed E-state index contributed by atoms with van der Waals surface area (Å²) in [6, 6.07) is 71.3. The number of hydrogen-bond acceptors (Lipinski definition) is 7. The van der Waals surface area contributed by atoms with Gasteiger partial charge >= 0.3 is 45.7 Å². The molecule has 13 aromatic rings. The molecule has 0 unspecified atom stereocenters. The van der Waals surface area contributed by atoms with Gasteiger partial charge in [-0.1, -0.05) is 162 Å². The van der Waals surface area contributed by atoms with Gasteiger partial charge in [-0.15, -0.1) is 77.9 Å². The third-order valence-corrected chi connectivity index (χ3v) is 17.3. The minimum absolute atomic E-state index is 0. The van der Waals surface area contributed by atoms with Crippen LogP contribution in [0.3, 0.4) is 0 Å². The maximum absolute atomic E-state index is 5.18. The van der Waals surface area contributed by atoms with Crippen LogP contribution in [0.2, 0.25) is 0 Å². The van der Waals surface area contributed by atoms with Crippen LogP contribution >= 0.6 is 93.1 Å². The first-order valence-electron chi connectivity index (χ1n) is 27.1. The molecular formula is C73H65Br3N4S4ZnZr. The van der Waals surface area contributed by atoms with Crippen LogP contribution in [0.1, 0.15) is 81.3 Å². The second-order valence-corrected chi connectivity index (χ2v) is 26.7. The summed E-state index contributed by atoms with van der Waals surface area (Å²) in [4.78, 5) is 19.3. The van der Waals surface area contributed by atoms with Crippen LogP contribution in [0.5, 0.6) is 0 Å². The van der Waals surface area contributed by atoms with Gasteiger partial charge in [0.2, 0.25) is 0 Å². The van der Waals surface area contributed by atoms with Crippen molar-refractivity contribution in [3.63, 3.8) is 0 Å². The van der Waals surface area contributed by atoms with E-state index in [9.17, 15) is 0 Å². The Labute approximate surface area is 583 Å². The zero-order chi connectivity index (χ0) is 60.0. The average Bonchev–Trinajstić information content (AvgIpc) is 2.77. The van der Waals surface area contributed by atoms with Crippen LogP contribution in [0.25, 0.3) is 60.5 Å². The number of aryl methyl sites for hydroxylation is 4. The fourth-order valence-corrected chi connectivity index (χ4v) is 11.6. The van der Waals surface area contributed by atoms with E-state index in [0.717, 1.165) is 85.7 Å². The predicted octanol–water partition coefficient (Wildman–Crippen LogP) is 24.9. The standard InChI is InChI=1S/C26H26N2S.C14H10BrNS.C9H5Br2N.2C7H7.2C5H5S.Zn.Zr/c1-16(2)21-9-7-10-22(17(3)4)26(21)28-24-11-6-8-19-12-13-23(27-25(19)24)20-14-18(5)29-15-20;1-9-7-11(8-17-9)13-6-5-10-3-2-4-12(15)14(10)16-13;10-7-3-1-2-6-4-5-8(11)12-9(6)7;2*1-7-5-3-2-4-6-7;2*1-5-3-2-4-6-5;;/h6-14,16-17H,1-5H3;2-8H,1H3;1-5H;2*2-6H,1H2;2*3-4H,1H3;;/q-2;;;4*-1;+2;+4. The first-order chi connectivity index (χ1) is 40.5. The van der Waals surface area contributed by atoms with Gasteiger partial charge < -0.3 is 5.32 Å². The molecule has 0 atom stereocenters. The molecule has 13 heteroatoms. The van der Waals surface area contributed by atoms with E-state index in [1.54, 1.807) is 45.3 Å². The van der Waals surface area contributed by atoms with Gasteiger partial charge in [-0.2, -0.15) is 55.3 Å². The largest absolute Gasteiger partial charge is 4.00 e. The molecular weight excluding hydrogens is 1460 g/mol. The molecule has 7 heterocycles. The van der Waals surface area contributed by atoms with Gasteiger partial charge in [-0.05, 0) is 108 Å². The second-order valence-electron chi connectivity index (χ2n) is 19.8. The molecule has 428 valence electrons. The summed E-state index contributed by atoms with van der Waals surface area (Å²) in [5, 5.41) is 18.0. The fraction of sp³-hybridized carbons (Fsp3) is 0.137. The van der Waals surface area contributed by atoms with Crippen LogP contribution in [0, 0.1) is 59.1 Å². The minimum Gasteiger partial charge on any atom is -0.656 e. The van der Waals surface area contributed by atoms with E-state index >= 15 is 0 Å². The third-order valence-electron chi connectivity index (χ3n) is 12.4. The Bertz CT molecular complexity index is 3980. The number of aromatic nitrogens is 3. The topological polar surface area (TPSA) is 52.8 Å². The molecule has 6 aromatic carbocycles. The van der Waals surface area contributed by atoms with Crippen molar-refractivity contribution in [2.75, 3.05) is 0 Å². The first kappa shape index (κ1) is 71.6. The van der Waals surface area contributed by atoms with Crippen LogP contribution in [-0.4, -0.2) is 15.0 Å². The number of benzene rings is 6. The van der Waals surface area contributed by atoms with E-state index in [1.165, 1.54) is 36.2 Å². The molecule has 0 fully saturated rings. The van der Waals surface area contributed by atoms with Crippen molar-refractivity contribution in [1.82, 2.24) is 15.0 Å². The quantitative estimate of drug-likeness (QED) is 0.0947. The van der Waals surface area contributed by atoms with Gasteiger partial charge in [-0.25, -0.2) is 34.2 Å². The monoisotopic (exact) mass is 1520 g/mol. The van der Waals surface area contributed by atoms with Gasteiger partial charge in [0.15, 0.2) is 0 Å². The van der Waals surface area contributed by atoms with E-state index in [4.69, 9.17) is 15.3 Å². The normalized spacial score (nSPS) is 10.2. The van der Waals surface area contributed by atoms with Crippen molar-refractivity contribution < 1.29 is 45.7 Å². The van der Waals surface area contributed by atoms with Gasteiger partial charge in [0.05, 0.1) is 16.7 Å². The van der Waals surface area contributed by atoms with Gasteiger partial charge in [0.25, 0.3) is 0 Å². The van der Waals surface area contributed by atoms with Crippen LogP contribution in [0.15, 0.2) is 224 Å². The van der Waals surface area contributed by atoms with Crippen molar-refractivity contribution in [3.8, 4) is 22.5 Å². The van der Waals surface area contributed by atoms with Crippen molar-refractivity contribution in [1.29, 1.82) is 0 Å². The maximum atomic E-state index is 5.18. The molecule has 0 amide bonds. The number of rotatable bonds is 6. The van der Waals surface area contributed by atoms with Crippen LogP contribution in [-0.2, 0) is 45.7 Å². The Kier molecular flexibility index (Phi) is 30.8. The third kappa shape index (κ3) is 22.5. The van der Waals surface area contributed by atoms with Crippen molar-refractivity contribution >= 4 is 137 Å². The van der Waals surface area contributed by atoms with Gasteiger partial charge in [0, 0.05) is 41.1 Å². The number of nitrogens with zero attached hydrogens (tertiary/aromatic N) is 4. The summed E-state index contributed by atoms with van der Waals surface area (Å²) in [6.45, 7) is 24.7. The number of para-hydroxylation sites is 4. The van der Waals surface area contributed by atoms with E-state index < -0.39 is 0 Å². The Hall–Kier alpha value is -5.16. The molecule has 0 bridgehead atoms. The summed E-state index contributed by atoms with van der Waals surface area (Å²) in [5.74, 6) is 0.823. The minimum atomic E-state index is 0. The molecule has 0 aliphatic carbocycles. The Balaban J connectivity index is 0.000000201. The van der Waals surface area contributed by atoms with Crippen molar-refractivity contribution in [2.45, 2.75) is 67.2 Å². The SMILES string of the molecule is Brc1ccc2cccc(Br)c2n1.Cc1c[c-]cs1.Cc1c[c-]cs1.Cc1cc(-c2ccc3cccc(Br)c3n2)cs1.Cc1cc(-c2ccc3cccc([N-]c4c(C(C)C)cccc4C(C)C)c3n2)[c-]s1.[CH2-]c1ccccc1.[CH2-]c1ccccc1.[Zn+2].[Zr+4]. The number of thiophene rings is 4. The molecule has 0 spiro atoms. The molecule has 0 aliphatic heterocycles. The van der Waals surface area contributed by atoms with Gasteiger partial charge in [0.1, 0.15) is 4.60 Å². The first-order valence-corrected chi connectivity index (χ1v) is 33.0. The summed E-state index contributed by atoms with van der Waals surface area (Å²) in [5.41, 5.74) is 13.9. The Morgan fingerprint density at radius 1 is 0.477 bits per heavy atom. The van der Waals surface area contributed by atoms with E-state index in [1.807, 2.05) is 126 Å². The van der Waals surface area contributed by atoms with E-state index in [2.05, 4.69) is 224 Å². The molecule has 0 radical (unpaired) electrons. The predicted molar refractivity (Wildman–Crippen MR) is 378 cm³/mol. The number of hydrogen-bond donors (Lipinski definition) is 0. The smallest absolute Gasteiger partial charge is 0.656 e. The second kappa shape index (κ2) is 37.0. The van der Waals surface area contributed by atoms with Crippen molar-refractivity contribution in [3.05, 3.63) is 302 Å². The number of pyridine rings is 3. The summed E-state index contributed by atoms with van der Waals surface area (Å²) < 4.78 is 2.94. The van der Waals surface area contributed by atoms with E-state index in [-0.39, 0.29) is 45.7 Å². The van der Waals surface area contributed by atoms with Crippen molar-refractivity contribution in [2.24, 2.45) is 0 Å². The molecule has 0 aliphatic rings. The van der Waals surface area contributed by atoms with E-state index in [0.29, 0.717) is 11.8 Å². The van der Waals surface area contributed by atoms with Gasteiger partial charge in [-0.3, -0.25) is 39.0 Å². The molecule has 0 saturated heterocycles. The molecule has 0 saturated carbocycles.